The summed E-state index contributed by atoms with van der Waals surface area (Å²) >= 11 is 0. The van der Waals surface area contributed by atoms with Gasteiger partial charge in [-0.05, 0) is 31.2 Å². The second-order valence-electron chi connectivity index (χ2n) is 6.55. The first kappa shape index (κ1) is 17.2. The second-order valence-corrected chi connectivity index (χ2v) is 6.55. The zero-order chi connectivity index (χ0) is 17.8. The van der Waals surface area contributed by atoms with Crippen LogP contribution >= 0.6 is 0 Å². The van der Waals surface area contributed by atoms with Gasteiger partial charge in [0.25, 0.3) is 5.56 Å². The van der Waals surface area contributed by atoms with E-state index in [0.29, 0.717) is 0 Å². The van der Waals surface area contributed by atoms with Crippen molar-refractivity contribution in [2.75, 3.05) is 6.54 Å². The molecule has 1 aliphatic rings. The largest absolute Gasteiger partial charge is 0.338 e. The Hall–Kier alpha value is -2.63. The maximum Gasteiger partial charge on any atom is 0.331 e. The summed E-state index contributed by atoms with van der Waals surface area (Å²) in [6.45, 7) is 0.690. The van der Waals surface area contributed by atoms with Crippen molar-refractivity contribution in [1.82, 2.24) is 14.0 Å². The lowest BCUT2D eigenvalue weighted by Gasteiger charge is -2.36. The molecule has 1 aromatic heterocycles. The molecule has 0 unspecified atom stereocenters. The van der Waals surface area contributed by atoms with Gasteiger partial charge in [0, 0.05) is 31.9 Å². The number of rotatable bonds is 4. The minimum atomic E-state index is -0.461. The Morgan fingerprint density at radius 1 is 1.12 bits per heavy atom. The van der Waals surface area contributed by atoms with E-state index in [9.17, 15) is 14.4 Å². The minimum Gasteiger partial charge on any atom is -0.338 e. The Bertz CT molecular complexity index is 854. The van der Waals surface area contributed by atoms with Gasteiger partial charge in [-0.15, -0.1) is 0 Å². The van der Waals surface area contributed by atoms with Gasteiger partial charge < -0.3 is 4.90 Å². The third-order valence-electron chi connectivity index (χ3n) is 4.83. The van der Waals surface area contributed by atoms with Crippen LogP contribution in [0.15, 0.2) is 52.2 Å². The Balaban J connectivity index is 1.76. The molecular formula is C19H23N3O3. The van der Waals surface area contributed by atoms with Gasteiger partial charge in [0.1, 0.15) is 6.54 Å². The molecule has 6 nitrogen and oxygen atoms in total. The van der Waals surface area contributed by atoms with Crippen molar-refractivity contribution in [3.63, 3.8) is 0 Å². The number of carbonyl (C=O) groups excluding carboxylic acids is 1. The van der Waals surface area contributed by atoms with E-state index in [-0.39, 0.29) is 24.1 Å². The van der Waals surface area contributed by atoms with Crippen molar-refractivity contribution in [3.8, 4) is 0 Å². The van der Waals surface area contributed by atoms with Crippen LogP contribution in [0, 0.1) is 0 Å². The summed E-state index contributed by atoms with van der Waals surface area (Å²) in [7, 11) is 1.42. The SMILES string of the molecule is Cn1c(=O)ccn(CC(=O)N2CCCC[C@H]2Cc2ccccc2)c1=O. The van der Waals surface area contributed by atoms with Crippen molar-refractivity contribution < 1.29 is 4.79 Å². The van der Waals surface area contributed by atoms with E-state index in [1.165, 1.54) is 29.4 Å². The molecular weight excluding hydrogens is 318 g/mol. The standard InChI is InChI=1S/C19H23N3O3/c1-20-17(23)10-12-21(19(20)25)14-18(24)22-11-6-5-9-16(22)13-15-7-3-2-4-8-15/h2-4,7-8,10,12,16H,5-6,9,11,13-14H2,1H3/t16-/m0/s1. The van der Waals surface area contributed by atoms with Crippen LogP contribution in [0.25, 0.3) is 0 Å². The van der Waals surface area contributed by atoms with Gasteiger partial charge in [-0.1, -0.05) is 30.3 Å². The highest BCUT2D eigenvalue weighted by atomic mass is 16.2. The highest BCUT2D eigenvalue weighted by molar-refractivity contribution is 5.76. The third kappa shape index (κ3) is 3.90. The summed E-state index contributed by atoms with van der Waals surface area (Å²) in [5.41, 5.74) is 0.387. The van der Waals surface area contributed by atoms with Gasteiger partial charge in [0.15, 0.2) is 0 Å². The van der Waals surface area contributed by atoms with Gasteiger partial charge in [-0.2, -0.15) is 0 Å². The number of amides is 1. The molecule has 1 aromatic carbocycles. The molecule has 3 rings (SSSR count). The van der Waals surface area contributed by atoms with Crippen molar-refractivity contribution in [2.24, 2.45) is 7.05 Å². The molecule has 1 saturated heterocycles. The van der Waals surface area contributed by atoms with Gasteiger partial charge in [0.05, 0.1) is 0 Å². The zero-order valence-electron chi connectivity index (χ0n) is 14.4. The predicted molar refractivity (Wildman–Crippen MR) is 95.4 cm³/mol. The topological polar surface area (TPSA) is 64.3 Å². The van der Waals surface area contributed by atoms with E-state index < -0.39 is 5.69 Å². The number of benzene rings is 1. The third-order valence-corrected chi connectivity index (χ3v) is 4.83. The van der Waals surface area contributed by atoms with Gasteiger partial charge in [-0.25, -0.2) is 4.79 Å². The van der Waals surface area contributed by atoms with Crippen LogP contribution in [0.4, 0.5) is 0 Å². The lowest BCUT2D eigenvalue weighted by Crippen LogP contribution is -2.48. The first-order chi connectivity index (χ1) is 12.1. The molecule has 1 amide bonds. The Morgan fingerprint density at radius 2 is 1.88 bits per heavy atom. The number of nitrogens with zero attached hydrogens (tertiary/aromatic N) is 3. The summed E-state index contributed by atoms with van der Waals surface area (Å²) in [4.78, 5) is 38.3. The van der Waals surface area contributed by atoms with E-state index in [4.69, 9.17) is 0 Å². The maximum atomic E-state index is 12.8. The number of likely N-dealkylation sites (tertiary alicyclic amines) is 1. The van der Waals surface area contributed by atoms with Crippen LogP contribution in [0.1, 0.15) is 24.8 Å². The molecule has 25 heavy (non-hydrogen) atoms. The van der Waals surface area contributed by atoms with E-state index in [1.807, 2.05) is 23.1 Å². The lowest BCUT2D eigenvalue weighted by atomic mass is 9.95. The normalized spacial score (nSPS) is 17.5. The van der Waals surface area contributed by atoms with Gasteiger partial charge >= 0.3 is 5.69 Å². The fourth-order valence-electron chi connectivity index (χ4n) is 3.40. The highest BCUT2D eigenvalue weighted by Crippen LogP contribution is 2.21. The summed E-state index contributed by atoms with van der Waals surface area (Å²) in [5.74, 6) is -0.0682. The van der Waals surface area contributed by atoms with Gasteiger partial charge in [0.2, 0.25) is 5.91 Å². The number of aromatic nitrogens is 2. The van der Waals surface area contributed by atoms with Crippen LogP contribution in [0.5, 0.6) is 0 Å². The summed E-state index contributed by atoms with van der Waals surface area (Å²) in [6.07, 6.45) is 5.30. The molecule has 1 atom stereocenters. The molecule has 0 aliphatic carbocycles. The molecule has 0 bridgehead atoms. The van der Waals surface area contributed by atoms with E-state index in [0.717, 1.165) is 36.8 Å². The van der Waals surface area contributed by atoms with Crippen molar-refractivity contribution in [1.29, 1.82) is 0 Å². The predicted octanol–water partition coefficient (Wildman–Crippen LogP) is 1.17. The lowest BCUT2D eigenvalue weighted by molar-refractivity contribution is -0.135. The monoisotopic (exact) mass is 341 g/mol. The molecule has 0 radical (unpaired) electrons. The number of hydrogen-bond donors (Lipinski definition) is 0. The molecule has 2 aromatic rings. The number of carbonyl (C=O) groups is 1. The average Bonchev–Trinajstić information content (AvgIpc) is 2.63. The van der Waals surface area contributed by atoms with Gasteiger partial charge in [-0.3, -0.25) is 18.7 Å². The van der Waals surface area contributed by atoms with Crippen LogP contribution in [-0.4, -0.2) is 32.5 Å². The van der Waals surface area contributed by atoms with E-state index in [2.05, 4.69) is 12.1 Å². The van der Waals surface area contributed by atoms with Crippen LogP contribution in [0.2, 0.25) is 0 Å². The summed E-state index contributed by atoms with van der Waals surface area (Å²) < 4.78 is 2.32. The average molecular weight is 341 g/mol. The molecule has 132 valence electrons. The van der Waals surface area contributed by atoms with Crippen LogP contribution in [-0.2, 0) is 24.8 Å². The molecule has 1 aliphatic heterocycles. The van der Waals surface area contributed by atoms with Crippen molar-refractivity contribution >= 4 is 5.91 Å². The second kappa shape index (κ2) is 7.51. The molecule has 0 N–H and O–H groups in total. The quantitative estimate of drug-likeness (QED) is 0.839. The van der Waals surface area contributed by atoms with Crippen LogP contribution in [0.3, 0.4) is 0 Å². The Kier molecular flexibility index (Phi) is 5.16. The smallest absolute Gasteiger partial charge is 0.331 e. The minimum absolute atomic E-state index is 0.0295. The number of piperidine rings is 1. The maximum absolute atomic E-state index is 12.8. The number of hydrogen-bond acceptors (Lipinski definition) is 3. The summed E-state index contributed by atoms with van der Waals surface area (Å²) in [6, 6.07) is 11.6. The van der Waals surface area contributed by atoms with Crippen LogP contribution < -0.4 is 11.2 Å². The van der Waals surface area contributed by atoms with E-state index >= 15 is 0 Å². The molecule has 6 heteroatoms. The molecule has 1 fully saturated rings. The molecule has 0 spiro atoms. The zero-order valence-corrected chi connectivity index (χ0v) is 14.4. The molecule has 2 heterocycles. The highest BCUT2D eigenvalue weighted by Gasteiger charge is 2.27. The van der Waals surface area contributed by atoms with Crippen molar-refractivity contribution in [3.05, 3.63) is 69.0 Å². The Labute approximate surface area is 146 Å². The molecule has 0 saturated carbocycles. The first-order valence-corrected chi connectivity index (χ1v) is 8.66. The van der Waals surface area contributed by atoms with E-state index in [1.54, 1.807) is 0 Å². The Morgan fingerprint density at radius 3 is 2.64 bits per heavy atom. The fraction of sp³-hybridized carbons (Fsp3) is 0.421. The van der Waals surface area contributed by atoms with Crippen molar-refractivity contribution in [2.45, 2.75) is 38.3 Å². The fourth-order valence-corrected chi connectivity index (χ4v) is 3.40. The summed E-state index contributed by atoms with van der Waals surface area (Å²) in [5, 5.41) is 0. The first-order valence-electron chi connectivity index (χ1n) is 8.66.